The van der Waals surface area contributed by atoms with E-state index < -0.39 is 0 Å². The van der Waals surface area contributed by atoms with E-state index in [1.807, 2.05) is 24.4 Å². The lowest BCUT2D eigenvalue weighted by Gasteiger charge is -2.04. The van der Waals surface area contributed by atoms with Crippen molar-refractivity contribution in [1.29, 1.82) is 0 Å². The third-order valence-corrected chi connectivity index (χ3v) is 5.23. The summed E-state index contributed by atoms with van der Waals surface area (Å²) >= 11 is 8.21. The van der Waals surface area contributed by atoms with Crippen LogP contribution in [0.1, 0.15) is 12.5 Å². The predicted octanol–water partition coefficient (Wildman–Crippen LogP) is 5.40. The number of aromatic hydroxyl groups is 1. The molecule has 0 saturated heterocycles. The van der Waals surface area contributed by atoms with Crippen molar-refractivity contribution in [2.24, 2.45) is 10.1 Å². The number of hydrogen-bond acceptors (Lipinski definition) is 5. The quantitative estimate of drug-likeness (QED) is 0.379. The van der Waals surface area contributed by atoms with Crippen LogP contribution >= 0.6 is 43.2 Å². The van der Waals surface area contributed by atoms with Crippen LogP contribution in [-0.2, 0) is 0 Å². The van der Waals surface area contributed by atoms with E-state index in [-0.39, 0.29) is 5.75 Å². The number of phenols is 1. The number of thiazole rings is 1. The van der Waals surface area contributed by atoms with E-state index in [0.717, 1.165) is 15.7 Å². The molecule has 0 unspecified atom stereocenters. The van der Waals surface area contributed by atoms with Gasteiger partial charge in [-0.2, -0.15) is 5.10 Å². The van der Waals surface area contributed by atoms with Gasteiger partial charge in [0, 0.05) is 15.4 Å². The molecule has 0 radical (unpaired) electrons. The van der Waals surface area contributed by atoms with Crippen molar-refractivity contribution in [3.63, 3.8) is 0 Å². The molecule has 0 atom stereocenters. The number of furan rings is 1. The number of phenolic OH excluding ortho intramolecular Hbond substituents is 1. The minimum atomic E-state index is 0.118. The molecule has 1 aromatic carbocycles. The van der Waals surface area contributed by atoms with E-state index in [1.54, 1.807) is 29.3 Å². The highest BCUT2D eigenvalue weighted by Gasteiger charge is 2.11. The summed E-state index contributed by atoms with van der Waals surface area (Å²) in [6.07, 6.45) is 3.20. The summed E-state index contributed by atoms with van der Waals surface area (Å²) in [5.74, 6) is 0.808. The minimum Gasteiger partial charge on any atom is -0.506 e. The van der Waals surface area contributed by atoms with E-state index in [9.17, 15) is 5.11 Å². The van der Waals surface area contributed by atoms with Gasteiger partial charge in [0.2, 0.25) is 4.80 Å². The Hall–Kier alpha value is -1.90. The molecule has 8 heteroatoms. The van der Waals surface area contributed by atoms with Crippen LogP contribution < -0.4 is 4.80 Å². The van der Waals surface area contributed by atoms with Gasteiger partial charge in [-0.15, -0.1) is 11.3 Å². The molecule has 0 saturated carbocycles. The molecule has 3 rings (SSSR count). The van der Waals surface area contributed by atoms with Gasteiger partial charge in [0.05, 0.1) is 23.5 Å². The lowest BCUT2D eigenvalue weighted by Crippen LogP contribution is -2.12. The molecule has 5 nitrogen and oxygen atoms in total. The zero-order chi connectivity index (χ0) is 18.7. The molecule has 1 N–H and O–H groups in total. The van der Waals surface area contributed by atoms with Gasteiger partial charge in [-0.05, 0) is 47.1 Å². The van der Waals surface area contributed by atoms with Crippen molar-refractivity contribution in [2.45, 2.75) is 6.92 Å². The average molecular weight is 497 g/mol. The smallest absolute Gasteiger partial charge is 0.206 e. The maximum atomic E-state index is 10.2. The van der Waals surface area contributed by atoms with Crippen molar-refractivity contribution in [3.8, 4) is 17.2 Å². The second-order valence-corrected chi connectivity index (χ2v) is 8.14. The zero-order valence-electron chi connectivity index (χ0n) is 13.8. The monoisotopic (exact) mass is 495 g/mol. The normalized spacial score (nSPS) is 12.2. The zero-order valence-corrected chi connectivity index (χ0v) is 17.8. The summed E-state index contributed by atoms with van der Waals surface area (Å²) in [6.45, 7) is 6.32. The first-order chi connectivity index (χ1) is 12.5. The largest absolute Gasteiger partial charge is 0.506 e. The lowest BCUT2D eigenvalue weighted by atomic mass is 10.2. The number of rotatable bonds is 5. The fraction of sp³-hybridized carbons (Fsp3) is 0.111. The third-order valence-electron chi connectivity index (χ3n) is 3.31. The molecule has 134 valence electrons. The summed E-state index contributed by atoms with van der Waals surface area (Å²) in [5.41, 5.74) is 2.31. The summed E-state index contributed by atoms with van der Waals surface area (Å²) in [6, 6.07) is 7.24. The Morgan fingerprint density at radius 1 is 1.42 bits per heavy atom. The molecule has 0 bridgehead atoms. The highest BCUT2D eigenvalue weighted by Crippen LogP contribution is 2.30. The Kier molecular flexibility index (Phi) is 5.95. The number of hydrogen-bond donors (Lipinski definition) is 1. The first kappa shape index (κ1) is 18.9. The SMILES string of the molecule is C=C(C)CN=c1scc(-c2ccco2)n1N=Cc1cc(Br)cc(Br)c1O. The summed E-state index contributed by atoms with van der Waals surface area (Å²) in [4.78, 5) is 5.26. The number of nitrogens with zero attached hydrogens (tertiary/aromatic N) is 3. The molecule has 0 aliphatic carbocycles. The van der Waals surface area contributed by atoms with Gasteiger partial charge in [0.15, 0.2) is 5.76 Å². The highest BCUT2D eigenvalue weighted by molar-refractivity contribution is 9.11. The Balaban J connectivity index is 2.09. The van der Waals surface area contributed by atoms with Gasteiger partial charge in [0.1, 0.15) is 11.4 Å². The Morgan fingerprint density at radius 2 is 2.23 bits per heavy atom. The van der Waals surface area contributed by atoms with Gasteiger partial charge >= 0.3 is 0 Å². The predicted molar refractivity (Wildman–Crippen MR) is 112 cm³/mol. The topological polar surface area (TPSA) is 63.0 Å². The molecular weight excluding hydrogens is 482 g/mol. The van der Waals surface area contributed by atoms with Crippen LogP contribution in [0.5, 0.6) is 5.75 Å². The van der Waals surface area contributed by atoms with E-state index in [1.165, 1.54) is 11.3 Å². The first-order valence-corrected chi connectivity index (χ1v) is 10.0. The number of aromatic nitrogens is 1. The molecular formula is C18H15Br2N3O2S. The summed E-state index contributed by atoms with van der Waals surface area (Å²) < 4.78 is 8.61. The number of halogens is 2. The summed E-state index contributed by atoms with van der Waals surface area (Å²) in [7, 11) is 0. The van der Waals surface area contributed by atoms with Crippen LogP contribution in [0, 0.1) is 0 Å². The van der Waals surface area contributed by atoms with Crippen LogP contribution in [0.15, 0.2) is 71.5 Å². The second-order valence-electron chi connectivity index (χ2n) is 5.54. The molecule has 0 spiro atoms. The van der Waals surface area contributed by atoms with Crippen molar-refractivity contribution < 1.29 is 9.52 Å². The van der Waals surface area contributed by atoms with Crippen molar-refractivity contribution in [3.05, 3.63) is 67.4 Å². The van der Waals surface area contributed by atoms with Crippen molar-refractivity contribution in [2.75, 3.05) is 6.54 Å². The van der Waals surface area contributed by atoms with Crippen molar-refractivity contribution >= 4 is 49.4 Å². The van der Waals surface area contributed by atoms with Gasteiger partial charge in [-0.25, -0.2) is 4.68 Å². The maximum Gasteiger partial charge on any atom is 0.206 e. The molecule has 26 heavy (non-hydrogen) atoms. The molecule has 3 aromatic rings. The minimum absolute atomic E-state index is 0.118. The van der Waals surface area contributed by atoms with Gasteiger partial charge in [0.25, 0.3) is 0 Å². The molecule has 0 amide bonds. The Labute approximate surface area is 171 Å². The number of benzene rings is 1. The fourth-order valence-electron chi connectivity index (χ4n) is 2.12. The van der Waals surface area contributed by atoms with Crippen LogP contribution in [-0.4, -0.2) is 22.5 Å². The molecule has 0 fully saturated rings. The van der Waals surface area contributed by atoms with E-state index in [2.05, 4.69) is 48.5 Å². The molecule has 0 aliphatic heterocycles. The molecule has 2 aromatic heterocycles. The van der Waals surface area contributed by atoms with E-state index >= 15 is 0 Å². The standard InChI is InChI=1S/C18H15Br2N3O2S/c1-11(2)8-21-18-23(15(10-26-18)16-4-3-5-25-16)22-9-12-6-13(19)7-14(20)17(12)24/h3-7,9-10,24H,1,8H2,2H3. The summed E-state index contributed by atoms with van der Waals surface area (Å²) in [5, 5.41) is 16.7. The van der Waals surface area contributed by atoms with Crippen LogP contribution in [0.4, 0.5) is 0 Å². The lowest BCUT2D eigenvalue weighted by molar-refractivity contribution is 0.471. The van der Waals surface area contributed by atoms with Gasteiger partial charge in [-0.3, -0.25) is 4.99 Å². The second kappa shape index (κ2) is 8.20. The molecule has 0 aliphatic rings. The van der Waals surface area contributed by atoms with Crippen LogP contribution in [0.2, 0.25) is 0 Å². The van der Waals surface area contributed by atoms with Crippen LogP contribution in [0.3, 0.4) is 0 Å². The highest BCUT2D eigenvalue weighted by atomic mass is 79.9. The average Bonchev–Trinajstić information content (AvgIpc) is 3.23. The van der Waals surface area contributed by atoms with Crippen molar-refractivity contribution in [1.82, 2.24) is 4.68 Å². The Bertz CT molecular complexity index is 1030. The van der Waals surface area contributed by atoms with E-state index in [4.69, 9.17) is 4.42 Å². The third kappa shape index (κ3) is 4.25. The van der Waals surface area contributed by atoms with Gasteiger partial charge in [-0.1, -0.05) is 28.1 Å². The van der Waals surface area contributed by atoms with Crippen LogP contribution in [0.25, 0.3) is 11.5 Å². The van der Waals surface area contributed by atoms with Gasteiger partial charge < -0.3 is 9.52 Å². The van der Waals surface area contributed by atoms with E-state index in [0.29, 0.717) is 27.1 Å². The first-order valence-electron chi connectivity index (χ1n) is 7.57. The molecule has 2 heterocycles. The Morgan fingerprint density at radius 3 is 2.92 bits per heavy atom. The maximum absolute atomic E-state index is 10.2. The fourth-order valence-corrected chi connectivity index (χ4v) is 4.20.